The number of hydrazone groups is 1. The first kappa shape index (κ1) is 22.1. The van der Waals surface area contributed by atoms with E-state index in [9.17, 15) is 4.79 Å². The number of hydrogen-bond acceptors (Lipinski definition) is 2. The molecule has 0 aromatic carbocycles. The van der Waals surface area contributed by atoms with Crippen LogP contribution in [-0.4, -0.2) is 12.1 Å². The molecule has 0 aliphatic rings. The third-order valence-electron chi connectivity index (χ3n) is 4.43. The lowest BCUT2D eigenvalue weighted by atomic mass is 10.0. The second kappa shape index (κ2) is 17.5. The van der Waals surface area contributed by atoms with E-state index in [0.717, 1.165) is 12.8 Å². The molecule has 136 valence electrons. The molecule has 0 heterocycles. The number of hydrogen-bond donors (Lipinski definition) is 1. The highest BCUT2D eigenvalue weighted by Gasteiger charge is 2.03. The molecule has 0 saturated heterocycles. The zero-order chi connectivity index (χ0) is 17.2. The van der Waals surface area contributed by atoms with Crippen LogP contribution < -0.4 is 5.43 Å². The molecule has 0 radical (unpaired) electrons. The largest absolute Gasteiger partial charge is 0.273 e. The second-order valence-electron chi connectivity index (χ2n) is 6.70. The zero-order valence-electron chi connectivity index (χ0n) is 15.9. The summed E-state index contributed by atoms with van der Waals surface area (Å²) in [5.74, 6) is 0.567. The highest BCUT2D eigenvalue weighted by Crippen LogP contribution is 2.11. The lowest BCUT2D eigenvalue weighted by Gasteiger charge is -2.07. The summed E-state index contributed by atoms with van der Waals surface area (Å²) in [6, 6.07) is 0. The van der Waals surface area contributed by atoms with Gasteiger partial charge in [0.05, 0.1) is 0 Å². The Kier molecular flexibility index (Phi) is 16.8. The monoisotopic (exact) mass is 324 g/mol. The van der Waals surface area contributed by atoms with Gasteiger partial charge < -0.3 is 0 Å². The summed E-state index contributed by atoms with van der Waals surface area (Å²) in [4.78, 5) is 11.7. The molecule has 0 rings (SSSR count). The molecule has 0 saturated carbocycles. The number of nitrogens with zero attached hydrogens (tertiary/aromatic N) is 1. The van der Waals surface area contributed by atoms with Crippen LogP contribution in [0.4, 0.5) is 0 Å². The van der Waals surface area contributed by atoms with Crippen molar-refractivity contribution in [1.29, 1.82) is 0 Å². The van der Waals surface area contributed by atoms with Gasteiger partial charge in [0.1, 0.15) is 0 Å². The third kappa shape index (κ3) is 15.8. The van der Waals surface area contributed by atoms with Crippen LogP contribution in [0, 0.1) is 5.92 Å². The Morgan fingerprint density at radius 3 is 2.00 bits per heavy atom. The summed E-state index contributed by atoms with van der Waals surface area (Å²) in [6.45, 7) is 6.63. The van der Waals surface area contributed by atoms with E-state index in [1.807, 2.05) is 6.21 Å². The minimum atomic E-state index is 0.0644. The quantitative estimate of drug-likeness (QED) is 0.204. The summed E-state index contributed by atoms with van der Waals surface area (Å²) in [6.07, 6.45) is 18.8. The fourth-order valence-electron chi connectivity index (χ4n) is 2.72. The maximum atomic E-state index is 11.7. The Bertz CT molecular complexity index is 289. The van der Waals surface area contributed by atoms with E-state index in [4.69, 9.17) is 0 Å². The number of carbonyl (C=O) groups excluding carboxylic acids is 1. The average Bonchev–Trinajstić information content (AvgIpc) is 2.56. The van der Waals surface area contributed by atoms with Gasteiger partial charge in [-0.3, -0.25) is 4.79 Å². The average molecular weight is 325 g/mol. The minimum Gasteiger partial charge on any atom is -0.273 e. The Balaban J connectivity index is 3.49. The van der Waals surface area contributed by atoms with Gasteiger partial charge in [0.2, 0.25) is 5.91 Å². The van der Waals surface area contributed by atoms with Crippen molar-refractivity contribution < 1.29 is 4.79 Å². The van der Waals surface area contributed by atoms with Crippen LogP contribution >= 0.6 is 0 Å². The fourth-order valence-corrected chi connectivity index (χ4v) is 2.72. The third-order valence-corrected chi connectivity index (χ3v) is 4.43. The van der Waals surface area contributed by atoms with E-state index in [0.29, 0.717) is 12.3 Å². The summed E-state index contributed by atoms with van der Waals surface area (Å²) in [5, 5.41) is 4.13. The second-order valence-corrected chi connectivity index (χ2v) is 6.70. The van der Waals surface area contributed by atoms with Crippen molar-refractivity contribution in [2.75, 3.05) is 0 Å². The zero-order valence-corrected chi connectivity index (χ0v) is 15.9. The lowest BCUT2D eigenvalue weighted by Crippen LogP contribution is -2.18. The molecule has 0 spiro atoms. The predicted molar refractivity (Wildman–Crippen MR) is 102 cm³/mol. The normalized spacial score (nSPS) is 12.7. The summed E-state index contributed by atoms with van der Waals surface area (Å²) < 4.78 is 0. The van der Waals surface area contributed by atoms with E-state index in [2.05, 4.69) is 31.3 Å². The van der Waals surface area contributed by atoms with E-state index in [1.54, 1.807) is 0 Å². The van der Waals surface area contributed by atoms with Crippen molar-refractivity contribution in [2.24, 2.45) is 11.0 Å². The van der Waals surface area contributed by atoms with Crippen molar-refractivity contribution in [3.63, 3.8) is 0 Å². The van der Waals surface area contributed by atoms with E-state index in [-0.39, 0.29) is 5.91 Å². The first-order valence-electron chi connectivity index (χ1n) is 10.1. The van der Waals surface area contributed by atoms with Crippen molar-refractivity contribution >= 4 is 12.1 Å². The van der Waals surface area contributed by atoms with Gasteiger partial charge in [-0.25, -0.2) is 5.43 Å². The summed E-state index contributed by atoms with van der Waals surface area (Å²) in [5.41, 5.74) is 2.68. The SMILES string of the molecule is CCCCCCCCCCCC(=O)N/N=C\[C@H](CC)CCCC. The van der Waals surface area contributed by atoms with E-state index < -0.39 is 0 Å². The Morgan fingerprint density at radius 2 is 1.43 bits per heavy atom. The molecule has 23 heavy (non-hydrogen) atoms. The van der Waals surface area contributed by atoms with Crippen LogP contribution in [0.25, 0.3) is 0 Å². The molecular formula is C20H40N2O. The van der Waals surface area contributed by atoms with Crippen LogP contribution in [-0.2, 0) is 4.79 Å². The Morgan fingerprint density at radius 1 is 0.870 bits per heavy atom. The molecule has 0 aliphatic carbocycles. The topological polar surface area (TPSA) is 41.5 Å². The molecule has 1 atom stereocenters. The predicted octanol–water partition coefficient (Wildman–Crippen LogP) is 6.23. The fraction of sp³-hybridized carbons (Fsp3) is 0.900. The molecule has 0 unspecified atom stereocenters. The number of rotatable bonds is 16. The maximum Gasteiger partial charge on any atom is 0.240 e. The van der Waals surface area contributed by atoms with E-state index in [1.165, 1.54) is 70.6 Å². The number of carbonyl (C=O) groups is 1. The minimum absolute atomic E-state index is 0.0644. The number of amides is 1. The molecule has 0 fully saturated rings. The number of unbranched alkanes of at least 4 members (excludes halogenated alkanes) is 9. The van der Waals surface area contributed by atoms with Gasteiger partial charge >= 0.3 is 0 Å². The molecular weight excluding hydrogens is 284 g/mol. The van der Waals surface area contributed by atoms with Crippen molar-refractivity contribution in [1.82, 2.24) is 5.43 Å². The molecule has 0 aliphatic heterocycles. The molecule has 0 aromatic rings. The summed E-state index contributed by atoms with van der Waals surface area (Å²) >= 11 is 0. The standard InChI is InChI=1S/C20H40N2O/c1-4-7-9-10-11-12-13-14-15-17-20(23)22-21-18-19(6-3)16-8-5-2/h18-19H,4-17H2,1-3H3,(H,22,23)/b21-18-/t19-/m1/s1. The van der Waals surface area contributed by atoms with Gasteiger partial charge in [-0.2, -0.15) is 5.10 Å². The van der Waals surface area contributed by atoms with Crippen molar-refractivity contribution in [3.8, 4) is 0 Å². The van der Waals surface area contributed by atoms with Gasteiger partial charge in [-0.15, -0.1) is 0 Å². The van der Waals surface area contributed by atoms with Crippen molar-refractivity contribution in [2.45, 2.75) is 111 Å². The van der Waals surface area contributed by atoms with Gasteiger partial charge in [-0.1, -0.05) is 85.0 Å². The lowest BCUT2D eigenvalue weighted by molar-refractivity contribution is -0.121. The summed E-state index contributed by atoms with van der Waals surface area (Å²) in [7, 11) is 0. The Hall–Kier alpha value is -0.860. The molecule has 0 aromatic heterocycles. The highest BCUT2D eigenvalue weighted by molar-refractivity contribution is 5.76. The van der Waals surface area contributed by atoms with E-state index >= 15 is 0 Å². The first-order chi connectivity index (χ1) is 11.2. The molecule has 3 nitrogen and oxygen atoms in total. The highest BCUT2D eigenvalue weighted by atomic mass is 16.2. The smallest absolute Gasteiger partial charge is 0.240 e. The van der Waals surface area contributed by atoms with Crippen LogP contribution in [0.5, 0.6) is 0 Å². The molecule has 3 heteroatoms. The molecule has 1 N–H and O–H groups in total. The maximum absolute atomic E-state index is 11.7. The Labute approximate surface area is 144 Å². The van der Waals surface area contributed by atoms with Gasteiger partial charge in [0.25, 0.3) is 0 Å². The van der Waals surface area contributed by atoms with Crippen LogP contribution in [0.1, 0.15) is 111 Å². The van der Waals surface area contributed by atoms with Gasteiger partial charge in [0, 0.05) is 12.6 Å². The van der Waals surface area contributed by atoms with Crippen LogP contribution in [0.2, 0.25) is 0 Å². The molecule has 1 amide bonds. The molecule has 0 bridgehead atoms. The van der Waals surface area contributed by atoms with Gasteiger partial charge in [0.15, 0.2) is 0 Å². The van der Waals surface area contributed by atoms with Crippen LogP contribution in [0.3, 0.4) is 0 Å². The van der Waals surface area contributed by atoms with Crippen LogP contribution in [0.15, 0.2) is 5.10 Å². The van der Waals surface area contributed by atoms with Gasteiger partial charge in [-0.05, 0) is 25.2 Å². The first-order valence-corrected chi connectivity index (χ1v) is 10.1. The van der Waals surface area contributed by atoms with Crippen molar-refractivity contribution in [3.05, 3.63) is 0 Å². The number of nitrogens with one attached hydrogen (secondary N) is 1.